The molecule has 0 unspecified atom stereocenters. The highest BCUT2D eigenvalue weighted by molar-refractivity contribution is 5.81. The number of ketones is 2. The number of rotatable bonds is 2. The van der Waals surface area contributed by atoms with Gasteiger partial charge < -0.3 is 16.3 Å². The first-order valence-corrected chi connectivity index (χ1v) is 4.35. The SMILES string of the molecule is CC(C)=O.CCC.NCC(=O)CN. The quantitative estimate of drug-likeness (QED) is 0.663. The average Bonchev–Trinajstić information content (AvgIpc) is 2.03. The fourth-order valence-electron chi connectivity index (χ4n) is 0.0833. The molecule has 0 bridgehead atoms. The molecule has 0 fully saturated rings. The maximum absolute atomic E-state index is 9.93. The molecule has 0 amide bonds. The third-order valence-corrected chi connectivity index (χ3v) is 0.455. The zero-order valence-corrected chi connectivity index (χ0v) is 9.09. The molecule has 0 aromatic carbocycles. The lowest BCUT2D eigenvalue weighted by molar-refractivity contribution is -0.116. The van der Waals surface area contributed by atoms with Crippen LogP contribution in [0.1, 0.15) is 34.1 Å². The van der Waals surface area contributed by atoms with Gasteiger partial charge in [-0.2, -0.15) is 0 Å². The molecule has 4 nitrogen and oxygen atoms in total. The van der Waals surface area contributed by atoms with Crippen LogP contribution in [0.4, 0.5) is 0 Å². The molecular weight excluding hydrogens is 168 g/mol. The van der Waals surface area contributed by atoms with Crippen LogP contribution >= 0.6 is 0 Å². The van der Waals surface area contributed by atoms with Crippen molar-refractivity contribution < 1.29 is 9.59 Å². The van der Waals surface area contributed by atoms with Gasteiger partial charge in [0.1, 0.15) is 5.78 Å². The largest absolute Gasteiger partial charge is 0.324 e. The zero-order chi connectivity index (χ0) is 11.3. The molecule has 0 radical (unpaired) electrons. The van der Waals surface area contributed by atoms with Crippen LogP contribution in [-0.4, -0.2) is 24.7 Å². The Labute approximate surface area is 80.7 Å². The maximum atomic E-state index is 9.93. The molecule has 0 rings (SSSR count). The van der Waals surface area contributed by atoms with Crippen molar-refractivity contribution in [2.75, 3.05) is 13.1 Å². The van der Waals surface area contributed by atoms with E-state index < -0.39 is 0 Å². The highest BCUT2D eigenvalue weighted by atomic mass is 16.1. The molecule has 0 aliphatic carbocycles. The van der Waals surface area contributed by atoms with E-state index in [0.29, 0.717) is 0 Å². The van der Waals surface area contributed by atoms with Gasteiger partial charge in [-0.3, -0.25) is 4.79 Å². The average molecular weight is 190 g/mol. The first kappa shape index (κ1) is 18.1. The number of hydrogen-bond donors (Lipinski definition) is 2. The van der Waals surface area contributed by atoms with E-state index in [2.05, 4.69) is 13.8 Å². The van der Waals surface area contributed by atoms with E-state index in [1.165, 1.54) is 20.3 Å². The van der Waals surface area contributed by atoms with Crippen LogP contribution in [0.25, 0.3) is 0 Å². The van der Waals surface area contributed by atoms with Gasteiger partial charge in [-0.1, -0.05) is 20.3 Å². The maximum Gasteiger partial charge on any atom is 0.159 e. The van der Waals surface area contributed by atoms with Gasteiger partial charge in [0.15, 0.2) is 5.78 Å². The topological polar surface area (TPSA) is 86.2 Å². The Bertz CT molecular complexity index is 115. The van der Waals surface area contributed by atoms with Gasteiger partial charge in [-0.25, -0.2) is 0 Å². The minimum atomic E-state index is -0.102. The summed E-state index contributed by atoms with van der Waals surface area (Å²) in [7, 11) is 0. The summed E-state index contributed by atoms with van der Waals surface area (Å²) in [4.78, 5) is 19.4. The molecule has 0 aliphatic rings. The lowest BCUT2D eigenvalue weighted by Gasteiger charge is -1.82. The van der Waals surface area contributed by atoms with Gasteiger partial charge in [0.2, 0.25) is 0 Å². The Hall–Kier alpha value is -0.740. The molecule has 13 heavy (non-hydrogen) atoms. The normalized spacial score (nSPS) is 7.23. The molecule has 0 aliphatic heterocycles. The molecule has 0 aromatic rings. The summed E-state index contributed by atoms with van der Waals surface area (Å²) in [5.41, 5.74) is 9.71. The first-order chi connectivity index (χ1) is 5.95. The Morgan fingerprint density at radius 3 is 1.15 bits per heavy atom. The fourth-order valence-corrected chi connectivity index (χ4v) is 0.0833. The predicted molar refractivity (Wildman–Crippen MR) is 55.4 cm³/mol. The fraction of sp³-hybridized carbons (Fsp3) is 0.778. The number of carbonyl (C=O) groups excluding carboxylic acids is 2. The van der Waals surface area contributed by atoms with Crippen molar-refractivity contribution in [2.45, 2.75) is 34.1 Å². The summed E-state index contributed by atoms with van der Waals surface area (Å²) in [5, 5.41) is 0. The molecule has 0 spiro atoms. The van der Waals surface area contributed by atoms with Crippen LogP contribution in [0.5, 0.6) is 0 Å². The second kappa shape index (κ2) is 17.4. The van der Waals surface area contributed by atoms with Gasteiger partial charge >= 0.3 is 0 Å². The molecular formula is C9H22N2O2. The number of carbonyl (C=O) groups is 2. The van der Waals surface area contributed by atoms with Crippen molar-refractivity contribution in [1.82, 2.24) is 0 Å². The van der Waals surface area contributed by atoms with Crippen molar-refractivity contribution >= 4 is 11.6 Å². The van der Waals surface area contributed by atoms with E-state index in [-0.39, 0.29) is 24.7 Å². The van der Waals surface area contributed by atoms with E-state index in [9.17, 15) is 9.59 Å². The molecule has 4 heteroatoms. The third kappa shape index (κ3) is 90.9. The lowest BCUT2D eigenvalue weighted by atomic mass is 10.4. The van der Waals surface area contributed by atoms with Crippen LogP contribution in [0, 0.1) is 0 Å². The van der Waals surface area contributed by atoms with E-state index in [0.717, 1.165) is 0 Å². The predicted octanol–water partition coefficient (Wildman–Crippen LogP) is 0.485. The standard InChI is InChI=1S/C3H8N2O.C3H6O.C3H8/c4-1-3(6)2-5;1-3(2)4;1-3-2/h1-2,4-5H2;1-2H3;3H2,1-2H3. The lowest BCUT2D eigenvalue weighted by Crippen LogP contribution is -2.22. The van der Waals surface area contributed by atoms with Crippen molar-refractivity contribution in [3.8, 4) is 0 Å². The van der Waals surface area contributed by atoms with E-state index >= 15 is 0 Å². The van der Waals surface area contributed by atoms with Crippen molar-refractivity contribution in [2.24, 2.45) is 11.5 Å². The van der Waals surface area contributed by atoms with Crippen LogP contribution in [-0.2, 0) is 9.59 Å². The number of nitrogens with two attached hydrogens (primary N) is 2. The highest BCUT2D eigenvalue weighted by Gasteiger charge is 1.87. The zero-order valence-electron chi connectivity index (χ0n) is 9.09. The third-order valence-electron chi connectivity index (χ3n) is 0.455. The number of hydrogen-bond acceptors (Lipinski definition) is 4. The van der Waals surface area contributed by atoms with Gasteiger partial charge in [0, 0.05) is 0 Å². The molecule has 0 atom stereocenters. The highest BCUT2D eigenvalue weighted by Crippen LogP contribution is 1.56. The van der Waals surface area contributed by atoms with Crippen LogP contribution in [0.3, 0.4) is 0 Å². The summed E-state index contributed by atoms with van der Waals surface area (Å²) in [6.07, 6.45) is 1.25. The summed E-state index contributed by atoms with van der Waals surface area (Å²) in [6.45, 7) is 7.44. The van der Waals surface area contributed by atoms with Gasteiger partial charge in [0.25, 0.3) is 0 Å². The first-order valence-electron chi connectivity index (χ1n) is 4.35. The van der Waals surface area contributed by atoms with Gasteiger partial charge in [0.05, 0.1) is 13.1 Å². The molecule has 80 valence electrons. The van der Waals surface area contributed by atoms with E-state index in [1.807, 2.05) is 0 Å². The smallest absolute Gasteiger partial charge is 0.159 e. The molecule has 0 aromatic heterocycles. The molecule has 0 saturated heterocycles. The minimum absolute atomic E-state index is 0.0660. The summed E-state index contributed by atoms with van der Waals surface area (Å²) in [6, 6.07) is 0. The monoisotopic (exact) mass is 190 g/mol. The summed E-state index contributed by atoms with van der Waals surface area (Å²) in [5.74, 6) is 0.0648. The Balaban J connectivity index is -0.000000125. The van der Waals surface area contributed by atoms with Crippen molar-refractivity contribution in [3.05, 3.63) is 0 Å². The Kier molecular flexibility index (Phi) is 24.2. The molecule has 4 N–H and O–H groups in total. The number of Topliss-reactive ketones (excluding diaryl/α,β-unsaturated/α-hetero) is 2. The Morgan fingerprint density at radius 1 is 1.00 bits per heavy atom. The molecule has 0 heterocycles. The Morgan fingerprint density at radius 2 is 1.15 bits per heavy atom. The molecule has 0 saturated carbocycles. The minimum Gasteiger partial charge on any atom is -0.324 e. The van der Waals surface area contributed by atoms with E-state index in [4.69, 9.17) is 11.5 Å². The second-order valence-corrected chi connectivity index (χ2v) is 2.56. The second-order valence-electron chi connectivity index (χ2n) is 2.56. The van der Waals surface area contributed by atoms with Crippen molar-refractivity contribution in [3.63, 3.8) is 0 Å². The summed E-state index contributed by atoms with van der Waals surface area (Å²) < 4.78 is 0. The van der Waals surface area contributed by atoms with Crippen LogP contribution in [0.15, 0.2) is 0 Å². The van der Waals surface area contributed by atoms with Crippen LogP contribution < -0.4 is 11.5 Å². The van der Waals surface area contributed by atoms with Gasteiger partial charge in [-0.15, -0.1) is 0 Å². The van der Waals surface area contributed by atoms with Crippen molar-refractivity contribution in [1.29, 1.82) is 0 Å². The van der Waals surface area contributed by atoms with E-state index in [1.54, 1.807) is 0 Å². The van der Waals surface area contributed by atoms with Gasteiger partial charge in [-0.05, 0) is 13.8 Å². The summed E-state index contributed by atoms with van der Waals surface area (Å²) >= 11 is 0. The van der Waals surface area contributed by atoms with Crippen LogP contribution in [0.2, 0.25) is 0 Å².